The molecule has 0 radical (unpaired) electrons. The van der Waals surface area contributed by atoms with E-state index in [0.29, 0.717) is 50.4 Å². The Kier molecular flexibility index (Phi) is 14.8. The lowest BCUT2D eigenvalue weighted by Gasteiger charge is -2.37. The number of esters is 1. The van der Waals surface area contributed by atoms with E-state index in [4.69, 9.17) is 24.6 Å². The Balaban J connectivity index is 1.12. The Labute approximate surface area is 267 Å². The molecule has 0 bridgehead atoms. The van der Waals surface area contributed by atoms with Crippen LogP contribution in [0.4, 0.5) is 0 Å². The molecule has 258 valence electrons. The lowest BCUT2D eigenvalue weighted by molar-refractivity contribution is -0.281. The number of carbonyl (C=O) groups excluding carboxylic acids is 2. The molecule has 0 saturated heterocycles. The van der Waals surface area contributed by atoms with E-state index in [-0.39, 0.29) is 48.2 Å². The van der Waals surface area contributed by atoms with Gasteiger partial charge in [0.1, 0.15) is 0 Å². The van der Waals surface area contributed by atoms with E-state index in [1.807, 2.05) is 0 Å². The Hall–Kier alpha value is -1.83. The largest absolute Gasteiger partial charge is 0.481 e. The first kappa shape index (κ1) is 36.0. The minimum absolute atomic E-state index is 0.117. The van der Waals surface area contributed by atoms with Crippen molar-refractivity contribution in [1.82, 2.24) is 10.8 Å². The summed E-state index contributed by atoms with van der Waals surface area (Å²) in [7, 11) is 2.88. The number of ether oxygens (including phenoxy) is 1. The zero-order valence-corrected chi connectivity index (χ0v) is 27.2. The molecule has 0 heterocycles. The van der Waals surface area contributed by atoms with Crippen LogP contribution in [0.5, 0.6) is 0 Å². The predicted octanol–water partition coefficient (Wildman–Crippen LogP) is 4.52. The summed E-state index contributed by atoms with van der Waals surface area (Å²) in [6.07, 6.45) is 13.7. The summed E-state index contributed by atoms with van der Waals surface area (Å²) in [5, 5.41) is 21.9. The minimum Gasteiger partial charge on any atom is -0.481 e. The standard InChI is InChI=1S/C33H56N2O10/c1-41-33(39)24-8-9-25(20-44-40)26(17-24)19-43-35-28-12-5-22(6-13-28)15-21-3-10-27(11-4-21)34-31(36)30-16-23(18-45-42-2)7-14-29(30)32(37)38/h21-30,35,40H,3-20H2,1-2H3,(H,34,36)(H,37,38). The van der Waals surface area contributed by atoms with Crippen molar-refractivity contribution in [3.63, 3.8) is 0 Å². The topological polar surface area (TPSA) is 162 Å². The Bertz CT molecular complexity index is 921. The molecular weight excluding hydrogens is 584 g/mol. The zero-order chi connectivity index (χ0) is 32.2. The van der Waals surface area contributed by atoms with Gasteiger partial charge in [-0.05, 0) is 126 Å². The highest BCUT2D eigenvalue weighted by molar-refractivity contribution is 5.85. The number of nitrogens with one attached hydrogen (secondary N) is 2. The van der Waals surface area contributed by atoms with Crippen LogP contribution < -0.4 is 10.8 Å². The molecule has 6 unspecified atom stereocenters. The molecule has 0 aliphatic heterocycles. The molecule has 0 aromatic carbocycles. The molecular formula is C33H56N2O10. The lowest BCUT2D eigenvalue weighted by Crippen LogP contribution is -2.46. The van der Waals surface area contributed by atoms with Gasteiger partial charge in [-0.1, -0.05) is 0 Å². The molecule has 4 aliphatic carbocycles. The van der Waals surface area contributed by atoms with Crippen molar-refractivity contribution >= 4 is 17.8 Å². The van der Waals surface area contributed by atoms with Crippen LogP contribution in [0.25, 0.3) is 0 Å². The van der Waals surface area contributed by atoms with Crippen LogP contribution >= 0.6 is 0 Å². The van der Waals surface area contributed by atoms with Gasteiger partial charge < -0.3 is 20.0 Å². The fourth-order valence-electron chi connectivity index (χ4n) is 8.50. The first-order valence-corrected chi connectivity index (χ1v) is 17.2. The third-order valence-electron chi connectivity index (χ3n) is 11.3. The van der Waals surface area contributed by atoms with Crippen LogP contribution in [0.3, 0.4) is 0 Å². The second-order valence-corrected chi connectivity index (χ2v) is 14.1. The van der Waals surface area contributed by atoms with Gasteiger partial charge in [0.25, 0.3) is 0 Å². The van der Waals surface area contributed by atoms with Gasteiger partial charge in [-0.15, -0.1) is 0 Å². The van der Waals surface area contributed by atoms with Crippen LogP contribution in [-0.4, -0.2) is 74.3 Å². The number of aliphatic carboxylic acids is 1. The van der Waals surface area contributed by atoms with Gasteiger partial charge >= 0.3 is 11.9 Å². The quantitative estimate of drug-likeness (QED) is 0.113. The van der Waals surface area contributed by atoms with E-state index in [2.05, 4.69) is 15.7 Å². The molecule has 4 N–H and O–H groups in total. The first-order chi connectivity index (χ1) is 21.8. The molecule has 0 aromatic heterocycles. The lowest BCUT2D eigenvalue weighted by atomic mass is 9.73. The number of hydrogen-bond donors (Lipinski definition) is 4. The number of methoxy groups -OCH3 is 1. The summed E-state index contributed by atoms with van der Waals surface area (Å²) in [4.78, 5) is 57.3. The summed E-state index contributed by atoms with van der Waals surface area (Å²) in [5.74, 6) is -0.712. The van der Waals surface area contributed by atoms with Crippen molar-refractivity contribution in [1.29, 1.82) is 0 Å². The third kappa shape index (κ3) is 10.9. The predicted molar refractivity (Wildman–Crippen MR) is 163 cm³/mol. The number of carboxylic acids is 1. The highest BCUT2D eigenvalue weighted by Gasteiger charge is 2.40. The molecule has 1 amide bonds. The van der Waals surface area contributed by atoms with Crippen LogP contribution in [0.15, 0.2) is 0 Å². The summed E-state index contributed by atoms with van der Waals surface area (Å²) >= 11 is 0. The molecule has 4 saturated carbocycles. The maximum atomic E-state index is 13.2. The molecule has 12 nitrogen and oxygen atoms in total. The van der Waals surface area contributed by atoms with Crippen molar-refractivity contribution in [2.75, 3.05) is 34.0 Å². The van der Waals surface area contributed by atoms with Crippen molar-refractivity contribution in [3.8, 4) is 0 Å². The highest BCUT2D eigenvalue weighted by atomic mass is 17.2. The van der Waals surface area contributed by atoms with Crippen LogP contribution in [-0.2, 0) is 38.6 Å². The molecule has 0 spiro atoms. The fourth-order valence-corrected chi connectivity index (χ4v) is 8.50. The number of carboxylic acid groups (broad SMARTS) is 1. The number of carbonyl (C=O) groups is 3. The summed E-state index contributed by atoms with van der Waals surface area (Å²) in [6, 6.07) is 0.432. The Morgan fingerprint density at radius 3 is 2.00 bits per heavy atom. The van der Waals surface area contributed by atoms with E-state index < -0.39 is 17.8 Å². The minimum atomic E-state index is -0.888. The van der Waals surface area contributed by atoms with E-state index >= 15 is 0 Å². The molecule has 4 rings (SSSR count). The molecule has 45 heavy (non-hydrogen) atoms. The Morgan fingerprint density at radius 1 is 0.711 bits per heavy atom. The number of hydroxylamine groups is 1. The van der Waals surface area contributed by atoms with Crippen molar-refractivity contribution < 1.29 is 49.0 Å². The highest BCUT2D eigenvalue weighted by Crippen LogP contribution is 2.38. The normalized spacial score (nSPS) is 35.8. The first-order valence-electron chi connectivity index (χ1n) is 17.2. The van der Waals surface area contributed by atoms with Gasteiger partial charge in [-0.25, -0.2) is 14.7 Å². The van der Waals surface area contributed by atoms with Crippen LogP contribution in [0.2, 0.25) is 0 Å². The van der Waals surface area contributed by atoms with Crippen LogP contribution in [0, 0.1) is 47.3 Å². The summed E-state index contributed by atoms with van der Waals surface area (Å²) in [6.45, 7) is 1.10. The zero-order valence-electron chi connectivity index (χ0n) is 27.2. The molecule has 4 fully saturated rings. The van der Waals surface area contributed by atoms with Gasteiger partial charge in [-0.3, -0.25) is 19.6 Å². The smallest absolute Gasteiger partial charge is 0.308 e. The van der Waals surface area contributed by atoms with Gasteiger partial charge in [0, 0.05) is 12.1 Å². The van der Waals surface area contributed by atoms with E-state index in [9.17, 15) is 19.5 Å². The average molecular weight is 641 g/mol. The molecule has 12 heteroatoms. The van der Waals surface area contributed by atoms with Gasteiger partial charge in [0.15, 0.2) is 0 Å². The number of rotatable bonds is 15. The number of amides is 1. The molecule has 6 atom stereocenters. The average Bonchev–Trinajstić information content (AvgIpc) is 3.05. The SMILES string of the molecule is COOCC1CCC(C(=O)O)C(C(=O)NC2CCC(CC3CCC(NOCC4CC(C(=O)OC)CCC4COO)CC3)CC2)C1. The maximum absolute atomic E-state index is 13.2. The van der Waals surface area contributed by atoms with Crippen molar-refractivity contribution in [2.45, 2.75) is 108 Å². The van der Waals surface area contributed by atoms with Crippen molar-refractivity contribution in [3.05, 3.63) is 0 Å². The summed E-state index contributed by atoms with van der Waals surface area (Å²) < 4.78 is 4.95. The molecule has 0 aromatic rings. The maximum Gasteiger partial charge on any atom is 0.308 e. The second kappa shape index (κ2) is 18.5. The summed E-state index contributed by atoms with van der Waals surface area (Å²) in [5.41, 5.74) is 3.28. The van der Waals surface area contributed by atoms with Gasteiger partial charge in [0.2, 0.25) is 5.91 Å². The van der Waals surface area contributed by atoms with Crippen LogP contribution in [0.1, 0.15) is 96.3 Å². The van der Waals surface area contributed by atoms with Gasteiger partial charge in [0.05, 0.1) is 51.8 Å². The molecule has 4 aliphatic rings. The third-order valence-corrected chi connectivity index (χ3v) is 11.3. The van der Waals surface area contributed by atoms with E-state index in [0.717, 1.165) is 57.8 Å². The monoisotopic (exact) mass is 640 g/mol. The van der Waals surface area contributed by atoms with E-state index in [1.54, 1.807) is 0 Å². The van der Waals surface area contributed by atoms with Gasteiger partial charge in [-0.2, -0.15) is 5.48 Å². The second-order valence-electron chi connectivity index (χ2n) is 14.1. The van der Waals surface area contributed by atoms with Crippen molar-refractivity contribution in [2.24, 2.45) is 47.3 Å². The van der Waals surface area contributed by atoms with E-state index in [1.165, 1.54) is 33.5 Å². The Morgan fingerprint density at radius 2 is 1.38 bits per heavy atom. The number of hydrogen-bond acceptors (Lipinski definition) is 10. The fraction of sp³-hybridized carbons (Fsp3) is 0.909.